The summed E-state index contributed by atoms with van der Waals surface area (Å²) >= 11 is 5.95. The molecule has 2 heterocycles. The second-order valence-corrected chi connectivity index (χ2v) is 5.30. The van der Waals surface area contributed by atoms with E-state index in [0.717, 1.165) is 12.1 Å². The van der Waals surface area contributed by atoms with Gasteiger partial charge in [-0.2, -0.15) is 5.10 Å². The fourth-order valence-corrected chi connectivity index (χ4v) is 2.26. The molecular formula is C15H9ClF3N5O. The van der Waals surface area contributed by atoms with Gasteiger partial charge >= 0.3 is 0 Å². The molecule has 128 valence electrons. The number of carbonyl (C=O) groups excluding carboxylic acids is 1. The minimum Gasteiger partial charge on any atom is -0.315 e. The molecule has 6 nitrogen and oxygen atoms in total. The van der Waals surface area contributed by atoms with Crippen LogP contribution in [0.25, 0.3) is 0 Å². The van der Waals surface area contributed by atoms with E-state index in [0.29, 0.717) is 0 Å². The molecule has 1 N–H and O–H groups in total. The van der Waals surface area contributed by atoms with Gasteiger partial charge in [-0.05, 0) is 41.4 Å². The van der Waals surface area contributed by atoms with Crippen molar-refractivity contribution in [3.05, 3.63) is 70.7 Å². The molecule has 0 saturated carbocycles. The zero-order valence-electron chi connectivity index (χ0n) is 12.4. The minimum absolute atomic E-state index is 0.0282. The van der Waals surface area contributed by atoms with Crippen molar-refractivity contribution in [1.29, 1.82) is 0 Å². The van der Waals surface area contributed by atoms with E-state index in [1.807, 2.05) is 0 Å². The molecule has 0 saturated heterocycles. The van der Waals surface area contributed by atoms with Crippen LogP contribution in [-0.4, -0.2) is 25.7 Å². The maximum atomic E-state index is 13.3. The van der Waals surface area contributed by atoms with E-state index in [9.17, 15) is 18.0 Å². The maximum Gasteiger partial charge on any atom is 0.277 e. The Morgan fingerprint density at radius 3 is 2.60 bits per heavy atom. The third-order valence-corrected chi connectivity index (χ3v) is 3.47. The second-order valence-electron chi connectivity index (χ2n) is 4.96. The van der Waals surface area contributed by atoms with Crippen LogP contribution in [0.1, 0.15) is 16.1 Å². The smallest absolute Gasteiger partial charge is 0.277 e. The molecule has 3 rings (SSSR count). The molecule has 0 spiro atoms. The summed E-state index contributed by atoms with van der Waals surface area (Å²) in [6, 6.07) is 4.72. The summed E-state index contributed by atoms with van der Waals surface area (Å²) < 4.78 is 40.8. The van der Waals surface area contributed by atoms with Crippen LogP contribution >= 0.6 is 11.6 Å². The highest BCUT2D eigenvalue weighted by Gasteiger charge is 2.14. The Kier molecular flexibility index (Phi) is 4.66. The van der Waals surface area contributed by atoms with E-state index in [4.69, 9.17) is 11.6 Å². The molecular weight excluding hydrogens is 359 g/mol. The molecule has 25 heavy (non-hydrogen) atoms. The van der Waals surface area contributed by atoms with Gasteiger partial charge in [0.1, 0.15) is 0 Å². The van der Waals surface area contributed by atoms with Crippen molar-refractivity contribution in [2.75, 3.05) is 5.32 Å². The van der Waals surface area contributed by atoms with Gasteiger partial charge in [0.2, 0.25) is 5.28 Å². The number of nitrogens with zero attached hydrogens (tertiary/aromatic N) is 4. The van der Waals surface area contributed by atoms with E-state index in [-0.39, 0.29) is 28.9 Å². The van der Waals surface area contributed by atoms with Crippen molar-refractivity contribution in [2.24, 2.45) is 0 Å². The van der Waals surface area contributed by atoms with Crippen LogP contribution in [0.4, 0.5) is 19.0 Å². The van der Waals surface area contributed by atoms with Crippen molar-refractivity contribution < 1.29 is 18.0 Å². The van der Waals surface area contributed by atoms with Crippen molar-refractivity contribution in [1.82, 2.24) is 19.7 Å². The lowest BCUT2D eigenvalue weighted by atomic mass is 10.2. The molecule has 1 aromatic carbocycles. The summed E-state index contributed by atoms with van der Waals surface area (Å²) in [4.78, 5) is 15.9. The zero-order chi connectivity index (χ0) is 18.0. The number of nitrogens with one attached hydrogen (secondary N) is 1. The fourth-order valence-electron chi connectivity index (χ4n) is 2.06. The Hall–Kier alpha value is -2.94. The number of rotatable bonds is 4. The quantitative estimate of drug-likeness (QED) is 0.719. The van der Waals surface area contributed by atoms with Gasteiger partial charge in [-0.25, -0.2) is 18.2 Å². The number of hydrogen-bond donors (Lipinski definition) is 1. The van der Waals surface area contributed by atoms with Gasteiger partial charge in [0.25, 0.3) is 5.91 Å². The van der Waals surface area contributed by atoms with E-state index in [1.54, 1.807) is 6.07 Å². The van der Waals surface area contributed by atoms with Crippen molar-refractivity contribution in [2.45, 2.75) is 6.54 Å². The average molecular weight is 368 g/mol. The number of hydrogen-bond acceptors (Lipinski definition) is 4. The maximum absolute atomic E-state index is 13.3. The predicted octanol–water partition coefficient (Wildman–Crippen LogP) is 3.04. The molecule has 0 aliphatic carbocycles. The summed E-state index contributed by atoms with van der Waals surface area (Å²) in [6.07, 6.45) is 2.79. The van der Waals surface area contributed by atoms with Crippen LogP contribution in [0.15, 0.2) is 36.7 Å². The Morgan fingerprint density at radius 2 is 1.96 bits per heavy atom. The first-order valence-electron chi connectivity index (χ1n) is 6.89. The Morgan fingerprint density at radius 1 is 1.24 bits per heavy atom. The largest absolute Gasteiger partial charge is 0.315 e. The Balaban J connectivity index is 1.78. The normalized spacial score (nSPS) is 10.7. The van der Waals surface area contributed by atoms with Gasteiger partial charge in [-0.15, -0.1) is 5.10 Å². The highest BCUT2D eigenvalue weighted by Crippen LogP contribution is 2.19. The van der Waals surface area contributed by atoms with Crippen LogP contribution in [0.3, 0.4) is 0 Å². The average Bonchev–Trinajstić information content (AvgIpc) is 2.92. The SMILES string of the molecule is O=C(Nc1cn(Cc2cc(F)c(F)c(F)c2)c(Cl)n1)c1cccnn1. The Labute approximate surface area is 144 Å². The summed E-state index contributed by atoms with van der Waals surface area (Å²) in [5.74, 6) is -4.58. The van der Waals surface area contributed by atoms with Crippen molar-refractivity contribution >= 4 is 23.3 Å². The predicted molar refractivity (Wildman–Crippen MR) is 82.6 cm³/mol. The van der Waals surface area contributed by atoms with E-state index >= 15 is 0 Å². The van der Waals surface area contributed by atoms with Crippen molar-refractivity contribution in [3.63, 3.8) is 0 Å². The van der Waals surface area contributed by atoms with Gasteiger partial charge in [0, 0.05) is 12.4 Å². The van der Waals surface area contributed by atoms with Gasteiger partial charge in [0.15, 0.2) is 29.0 Å². The summed E-state index contributed by atoms with van der Waals surface area (Å²) in [5.41, 5.74) is 0.221. The standard InChI is InChI=1S/C15H9ClF3N5O/c16-15-22-12(21-14(25)11-2-1-3-20-23-11)7-24(15)6-8-4-9(17)13(19)10(18)5-8/h1-5,7H,6H2,(H,21,25). The third kappa shape index (κ3) is 3.77. The van der Waals surface area contributed by atoms with E-state index < -0.39 is 23.4 Å². The summed E-state index contributed by atoms with van der Waals surface area (Å²) in [5, 5.41) is 9.68. The molecule has 0 aliphatic rings. The number of aromatic nitrogens is 4. The molecule has 0 atom stereocenters. The first-order chi connectivity index (χ1) is 11.9. The van der Waals surface area contributed by atoms with E-state index in [2.05, 4.69) is 20.5 Å². The molecule has 0 fully saturated rings. The number of carbonyl (C=O) groups is 1. The van der Waals surface area contributed by atoms with E-state index in [1.165, 1.54) is 23.0 Å². The molecule has 1 amide bonds. The topological polar surface area (TPSA) is 72.7 Å². The molecule has 10 heteroatoms. The highest BCUT2D eigenvalue weighted by molar-refractivity contribution is 6.28. The molecule has 0 radical (unpaired) electrons. The first-order valence-corrected chi connectivity index (χ1v) is 7.27. The fraction of sp³-hybridized carbons (Fsp3) is 0.0667. The van der Waals surface area contributed by atoms with Crippen LogP contribution < -0.4 is 5.32 Å². The lowest BCUT2D eigenvalue weighted by Crippen LogP contribution is -2.14. The number of amides is 1. The first kappa shape index (κ1) is 16.9. The van der Waals surface area contributed by atoms with Crippen LogP contribution in [-0.2, 0) is 6.54 Å². The van der Waals surface area contributed by atoms with Crippen molar-refractivity contribution in [3.8, 4) is 0 Å². The van der Waals surface area contributed by atoms with Gasteiger partial charge in [-0.3, -0.25) is 4.79 Å². The van der Waals surface area contributed by atoms with Crippen LogP contribution in [0.5, 0.6) is 0 Å². The number of imidazole rings is 1. The highest BCUT2D eigenvalue weighted by atomic mass is 35.5. The molecule has 0 bridgehead atoms. The second kappa shape index (κ2) is 6.89. The summed E-state index contributed by atoms with van der Waals surface area (Å²) in [7, 11) is 0. The summed E-state index contributed by atoms with van der Waals surface area (Å²) in [6.45, 7) is -0.0685. The molecule has 2 aromatic heterocycles. The molecule has 0 unspecified atom stereocenters. The number of benzene rings is 1. The van der Waals surface area contributed by atoms with Crippen LogP contribution in [0.2, 0.25) is 5.28 Å². The zero-order valence-corrected chi connectivity index (χ0v) is 13.1. The van der Waals surface area contributed by atoms with Gasteiger partial charge in [-0.1, -0.05) is 0 Å². The third-order valence-electron chi connectivity index (χ3n) is 3.17. The van der Waals surface area contributed by atoms with Gasteiger partial charge < -0.3 is 9.88 Å². The minimum atomic E-state index is -1.54. The van der Waals surface area contributed by atoms with Crippen LogP contribution in [0, 0.1) is 17.5 Å². The number of halogens is 4. The molecule has 3 aromatic rings. The Bertz CT molecular complexity index is 909. The lowest BCUT2D eigenvalue weighted by Gasteiger charge is -2.05. The lowest BCUT2D eigenvalue weighted by molar-refractivity contribution is 0.102. The van der Waals surface area contributed by atoms with Gasteiger partial charge in [0.05, 0.1) is 6.54 Å². The number of anilines is 1. The monoisotopic (exact) mass is 367 g/mol. The molecule has 0 aliphatic heterocycles.